The van der Waals surface area contributed by atoms with Gasteiger partial charge in [-0.1, -0.05) is 149 Å². The zero-order valence-corrected chi connectivity index (χ0v) is 50.6. The summed E-state index contributed by atoms with van der Waals surface area (Å²) >= 11 is 0. The number of sulfone groups is 1. The van der Waals surface area contributed by atoms with Crippen molar-refractivity contribution in [1.82, 2.24) is 34.5 Å². The first-order valence-corrected chi connectivity index (χ1v) is 27.1. The van der Waals surface area contributed by atoms with Crippen LogP contribution in [0, 0.1) is 6.92 Å². The van der Waals surface area contributed by atoms with E-state index in [0.29, 0.717) is 6.01 Å². The second-order valence-electron chi connectivity index (χ2n) is 24.7. The van der Waals surface area contributed by atoms with Gasteiger partial charge in [-0.15, -0.1) is 0 Å². The van der Waals surface area contributed by atoms with E-state index >= 15 is 0 Å². The van der Waals surface area contributed by atoms with Crippen molar-refractivity contribution < 1.29 is 31.1 Å². The first kappa shape index (κ1) is 68.0. The number of aryl methyl sites for hydroxylation is 2. The Bertz CT molecular complexity index is 2810. The second-order valence-corrected chi connectivity index (χ2v) is 26.8. The fourth-order valence-electron chi connectivity index (χ4n) is 5.98. The van der Waals surface area contributed by atoms with Crippen LogP contribution in [-0.4, -0.2) is 63.4 Å². The maximum absolute atomic E-state index is 12.2. The monoisotopic (exact) mass is 1080 g/mol. The summed E-state index contributed by atoms with van der Waals surface area (Å²) in [5.41, 5.74) is 8.10. The van der Waals surface area contributed by atoms with Gasteiger partial charge in [-0.2, -0.15) is 13.2 Å². The van der Waals surface area contributed by atoms with Crippen molar-refractivity contribution in [2.75, 3.05) is 20.5 Å². The van der Waals surface area contributed by atoms with Crippen LogP contribution in [0.15, 0.2) is 109 Å². The van der Waals surface area contributed by atoms with E-state index in [1.807, 2.05) is 64.5 Å². The minimum atomic E-state index is -4.35. The van der Waals surface area contributed by atoms with Gasteiger partial charge in [0.1, 0.15) is 11.4 Å². The number of ether oxygens (including phenoxy) is 2. The number of methoxy groups -OCH3 is 2. The van der Waals surface area contributed by atoms with Gasteiger partial charge < -0.3 is 14.0 Å². The van der Waals surface area contributed by atoms with E-state index in [-0.39, 0.29) is 43.8 Å². The third-order valence-corrected chi connectivity index (χ3v) is 12.1. The van der Waals surface area contributed by atoms with Gasteiger partial charge in [-0.3, -0.25) is 24.7 Å². The zero-order valence-electron chi connectivity index (χ0n) is 49.7. The number of rotatable bonds is 4. The number of hydrogen-bond donors (Lipinski definition) is 0. The summed E-state index contributed by atoms with van der Waals surface area (Å²) in [6.07, 6.45) is 12.6. The fourth-order valence-corrected chi connectivity index (χ4v) is 6.75. The minimum Gasteiger partial charge on any atom is -0.495 e. The van der Waals surface area contributed by atoms with E-state index in [2.05, 4.69) is 146 Å². The third kappa shape index (κ3) is 26.1. The Balaban J connectivity index is 0.000000457. The first-order valence-electron chi connectivity index (χ1n) is 25.0. The quantitative estimate of drug-likeness (QED) is 0.166. The van der Waals surface area contributed by atoms with Crippen LogP contribution in [0.5, 0.6) is 11.8 Å². The van der Waals surface area contributed by atoms with Crippen molar-refractivity contribution in [1.29, 1.82) is 0 Å². The molecule has 0 aliphatic rings. The maximum Gasteiger partial charge on any atom is 0.433 e. The highest BCUT2D eigenvalue weighted by Crippen LogP contribution is 2.30. The van der Waals surface area contributed by atoms with Crippen molar-refractivity contribution >= 4 is 9.84 Å². The van der Waals surface area contributed by atoms with Gasteiger partial charge in [0.2, 0.25) is 5.56 Å². The molecule has 6 heterocycles. The number of hydrogen-bond acceptors (Lipinski definition) is 11. The molecule has 0 aliphatic heterocycles. The van der Waals surface area contributed by atoms with Gasteiger partial charge >= 0.3 is 12.2 Å². The summed E-state index contributed by atoms with van der Waals surface area (Å²) in [5.74, 6) is 0.881. The van der Waals surface area contributed by atoms with Crippen molar-refractivity contribution in [2.45, 2.75) is 176 Å². The molecule has 76 heavy (non-hydrogen) atoms. The number of nitrogens with zero attached hydrogens (tertiary/aromatic N) is 7. The smallest absolute Gasteiger partial charge is 0.433 e. The van der Waals surface area contributed by atoms with Crippen LogP contribution in [-0.2, 0) is 61.3 Å². The molecule has 0 saturated heterocycles. The van der Waals surface area contributed by atoms with Crippen LogP contribution in [0.4, 0.5) is 13.2 Å². The maximum atomic E-state index is 12.2. The molecule has 0 radical (unpaired) electrons. The zero-order chi connectivity index (χ0) is 58.9. The highest BCUT2D eigenvalue weighted by molar-refractivity contribution is 7.89. The van der Waals surface area contributed by atoms with Gasteiger partial charge in [0.25, 0.3) is 0 Å². The predicted octanol–water partition coefficient (Wildman–Crippen LogP) is 13.9. The molecule has 420 valence electrons. The van der Waals surface area contributed by atoms with Crippen molar-refractivity contribution in [2.24, 2.45) is 7.05 Å². The Labute approximate surface area is 453 Å². The van der Waals surface area contributed by atoms with E-state index in [1.165, 1.54) is 35.2 Å². The lowest BCUT2D eigenvalue weighted by Crippen LogP contribution is -2.19. The number of pyridine rings is 5. The van der Waals surface area contributed by atoms with Crippen LogP contribution in [0.1, 0.15) is 175 Å². The van der Waals surface area contributed by atoms with E-state index in [4.69, 9.17) is 9.47 Å². The highest BCUT2D eigenvalue weighted by atomic mass is 32.2. The van der Waals surface area contributed by atoms with Crippen molar-refractivity contribution in [3.8, 4) is 11.8 Å². The molecule has 0 atom stereocenters. The predicted molar refractivity (Wildman–Crippen MR) is 304 cm³/mol. The summed E-state index contributed by atoms with van der Waals surface area (Å²) in [7, 11) is 2.01. The molecule has 0 spiro atoms. The van der Waals surface area contributed by atoms with Crippen molar-refractivity contribution in [3.05, 3.63) is 165 Å². The van der Waals surface area contributed by atoms with Gasteiger partial charge in [-0.05, 0) is 96.6 Å². The van der Waals surface area contributed by atoms with Crippen LogP contribution in [0.3, 0.4) is 0 Å². The summed E-state index contributed by atoms with van der Waals surface area (Å²) in [6.45, 7) is 39.8. The topological polar surface area (TPSA) is 152 Å². The molecule has 0 aromatic carbocycles. The van der Waals surface area contributed by atoms with E-state index in [9.17, 15) is 26.4 Å². The molecule has 6 aromatic heterocycles. The SMILES string of the molecule is CC(C)(C)c1ccc(C(F)(F)F)nc1.CC(C)(C)c1cncc(CS(C)(=O)=O)c1.COc1cncc(C(C)(C)C)c1.COc1ncc(C(C)(C)C)cn1.Cc1ccc(C(C)(C)C)cn1.Cn1cc(C(C)(C)C)ccc1=O. The Morgan fingerprint density at radius 2 is 0.921 bits per heavy atom. The van der Waals surface area contributed by atoms with E-state index in [0.717, 1.165) is 39.8 Å². The molecule has 6 rings (SSSR count). The van der Waals surface area contributed by atoms with Crippen LogP contribution in [0.25, 0.3) is 0 Å². The summed E-state index contributed by atoms with van der Waals surface area (Å²) in [4.78, 5) is 34.9. The van der Waals surface area contributed by atoms with E-state index < -0.39 is 21.7 Å². The second kappa shape index (κ2) is 27.8. The molecular formula is C60H88F3N7O5S. The normalized spacial score (nSPS) is 12.0. The minimum absolute atomic E-state index is 0.000509. The molecule has 12 nitrogen and oxygen atoms in total. The average Bonchev–Trinajstić information content (AvgIpc) is 3.29. The number of aromatic nitrogens is 7. The van der Waals surface area contributed by atoms with Crippen molar-refractivity contribution in [3.63, 3.8) is 0 Å². The van der Waals surface area contributed by atoms with Gasteiger partial charge in [0.15, 0.2) is 9.84 Å². The van der Waals surface area contributed by atoms with Gasteiger partial charge in [-0.25, -0.2) is 18.4 Å². The summed E-state index contributed by atoms with van der Waals surface area (Å²) < 4.78 is 70.3. The lowest BCUT2D eigenvalue weighted by Gasteiger charge is -2.19. The molecule has 0 saturated carbocycles. The number of halogens is 3. The molecule has 16 heteroatoms. The molecule has 6 aromatic rings. The fraction of sp³-hybridized carbons (Fsp3) is 0.517. The lowest BCUT2D eigenvalue weighted by atomic mass is 9.88. The standard InChI is InChI=1S/C11H17NO2S.C10H12F3N.2C10H15NO.C10H15N.C9H14N2O/c1-11(2,3)10-5-9(6-12-7-10)8-15(4,13)14;1-9(2,3)7-4-5-8(14-6-7)10(11,12)13;1-10(2,3)8-5-9(12-4)7-11-6-8;1-10(2,3)8-5-6-9(12)11(4)7-8;1-8-5-6-9(7-11-8)10(2,3)4;1-9(2,3)7-5-10-8(12-4)11-6-7/h5-7H,8H2,1-4H3;4-6H,1-3H3;2*5-7H,1-4H3;5-7H,1-4H3;5-6H,1-4H3. The largest absolute Gasteiger partial charge is 0.495 e. The van der Waals surface area contributed by atoms with Crippen LogP contribution in [0.2, 0.25) is 0 Å². The Hall–Kier alpha value is -6.03. The van der Waals surface area contributed by atoms with Gasteiger partial charge in [0, 0.05) is 74.6 Å². The highest BCUT2D eigenvalue weighted by Gasteiger charge is 2.32. The summed E-state index contributed by atoms with van der Waals surface area (Å²) in [5, 5.41) is 0. The molecular weight excluding hydrogens is 988 g/mol. The molecule has 0 aliphatic carbocycles. The first-order chi connectivity index (χ1) is 34.4. The molecule has 0 bridgehead atoms. The van der Waals surface area contributed by atoms with Crippen LogP contribution < -0.4 is 15.0 Å². The number of alkyl halides is 3. The van der Waals surface area contributed by atoms with E-state index in [1.54, 1.807) is 62.9 Å². The molecule has 0 unspecified atom stereocenters. The Morgan fingerprint density at radius 3 is 1.29 bits per heavy atom. The Morgan fingerprint density at radius 1 is 0.500 bits per heavy atom. The lowest BCUT2D eigenvalue weighted by molar-refractivity contribution is -0.141. The Kier molecular flexibility index (Phi) is 24.9. The average molecular weight is 1080 g/mol. The molecule has 0 fully saturated rings. The summed E-state index contributed by atoms with van der Waals surface area (Å²) in [6, 6.07) is 14.5. The molecule has 0 N–H and O–H groups in total. The third-order valence-electron chi connectivity index (χ3n) is 11.2. The molecule has 0 amide bonds. The van der Waals surface area contributed by atoms with Crippen LogP contribution >= 0.6 is 0 Å². The van der Waals surface area contributed by atoms with Gasteiger partial charge in [0.05, 0.1) is 26.2 Å².